The molecule has 1 aromatic heterocycles. The maximum atomic E-state index is 5.40. The van der Waals surface area contributed by atoms with E-state index in [2.05, 4.69) is 15.5 Å². The van der Waals surface area contributed by atoms with Crippen molar-refractivity contribution < 1.29 is 4.42 Å². The summed E-state index contributed by atoms with van der Waals surface area (Å²) in [6, 6.07) is 1.00. The van der Waals surface area contributed by atoms with E-state index in [1.54, 1.807) is 0 Å². The van der Waals surface area contributed by atoms with Gasteiger partial charge >= 0.3 is 6.01 Å². The minimum Gasteiger partial charge on any atom is -0.407 e. The second kappa shape index (κ2) is 6.70. The lowest BCUT2D eigenvalue weighted by atomic mass is 10.1. The number of aromatic nitrogens is 2. The number of rotatable bonds is 3. The van der Waals surface area contributed by atoms with Crippen LogP contribution in [0, 0.1) is 0 Å². The summed E-state index contributed by atoms with van der Waals surface area (Å²) in [4.78, 5) is 0. The fourth-order valence-electron chi connectivity index (χ4n) is 1.99. The van der Waals surface area contributed by atoms with Gasteiger partial charge in [-0.3, -0.25) is 0 Å². The lowest BCUT2D eigenvalue weighted by Gasteiger charge is -2.13. The van der Waals surface area contributed by atoms with Gasteiger partial charge in [0.1, 0.15) is 0 Å². The van der Waals surface area contributed by atoms with E-state index in [9.17, 15) is 0 Å². The van der Waals surface area contributed by atoms with Crippen LogP contribution in [0.5, 0.6) is 0 Å². The SMILES string of the molecule is Cl.NCc1nnc(NC2CCCCCC2)o1. The zero-order chi connectivity index (χ0) is 10.5. The third-order valence-electron chi connectivity index (χ3n) is 2.82. The summed E-state index contributed by atoms with van der Waals surface area (Å²) < 4.78 is 5.32. The van der Waals surface area contributed by atoms with Crippen molar-refractivity contribution in [2.24, 2.45) is 5.73 Å². The summed E-state index contributed by atoms with van der Waals surface area (Å²) in [5, 5.41) is 11.0. The second-order valence-corrected chi connectivity index (χ2v) is 4.04. The van der Waals surface area contributed by atoms with Gasteiger partial charge in [-0.15, -0.1) is 17.5 Å². The predicted molar refractivity (Wildman–Crippen MR) is 64.6 cm³/mol. The molecule has 1 aromatic rings. The van der Waals surface area contributed by atoms with Crippen LogP contribution >= 0.6 is 12.4 Å². The zero-order valence-electron chi connectivity index (χ0n) is 9.32. The Balaban J connectivity index is 0.00000128. The Bertz CT molecular complexity index is 297. The maximum Gasteiger partial charge on any atom is 0.315 e. The predicted octanol–water partition coefficient (Wildman–Crippen LogP) is 2.08. The lowest BCUT2D eigenvalue weighted by Crippen LogP contribution is -2.18. The fraction of sp³-hybridized carbons (Fsp3) is 0.800. The van der Waals surface area contributed by atoms with Crippen molar-refractivity contribution >= 4 is 18.4 Å². The van der Waals surface area contributed by atoms with Gasteiger partial charge in [0.15, 0.2) is 0 Å². The third kappa shape index (κ3) is 3.64. The fourth-order valence-corrected chi connectivity index (χ4v) is 1.99. The first-order valence-corrected chi connectivity index (χ1v) is 5.67. The molecule has 16 heavy (non-hydrogen) atoms. The minimum absolute atomic E-state index is 0. The van der Waals surface area contributed by atoms with Crippen LogP contribution in [-0.4, -0.2) is 16.2 Å². The molecule has 1 fully saturated rings. The van der Waals surface area contributed by atoms with E-state index < -0.39 is 0 Å². The molecule has 6 heteroatoms. The molecule has 3 N–H and O–H groups in total. The van der Waals surface area contributed by atoms with Crippen molar-refractivity contribution in [3.8, 4) is 0 Å². The van der Waals surface area contributed by atoms with Crippen LogP contribution in [-0.2, 0) is 6.54 Å². The van der Waals surface area contributed by atoms with Crippen molar-refractivity contribution in [3.63, 3.8) is 0 Å². The molecule has 92 valence electrons. The topological polar surface area (TPSA) is 77.0 Å². The number of nitrogens with one attached hydrogen (secondary N) is 1. The summed E-state index contributed by atoms with van der Waals surface area (Å²) in [6.45, 7) is 0.305. The van der Waals surface area contributed by atoms with Crippen LogP contribution in [0.1, 0.15) is 44.4 Å². The van der Waals surface area contributed by atoms with Crippen molar-refractivity contribution in [1.29, 1.82) is 0 Å². The molecule has 0 saturated heterocycles. The van der Waals surface area contributed by atoms with E-state index in [1.165, 1.54) is 38.5 Å². The van der Waals surface area contributed by atoms with Crippen LogP contribution in [0.15, 0.2) is 4.42 Å². The molecular weight excluding hydrogens is 228 g/mol. The summed E-state index contributed by atoms with van der Waals surface area (Å²) in [5.41, 5.74) is 5.40. The van der Waals surface area contributed by atoms with Gasteiger partial charge in [-0.05, 0) is 12.8 Å². The zero-order valence-corrected chi connectivity index (χ0v) is 10.1. The molecule has 0 aromatic carbocycles. The molecule has 1 saturated carbocycles. The largest absolute Gasteiger partial charge is 0.407 e. The average Bonchev–Trinajstić information content (AvgIpc) is 2.54. The number of halogens is 1. The molecular formula is C10H19ClN4O. The summed E-state index contributed by atoms with van der Waals surface area (Å²) in [6.07, 6.45) is 7.65. The Hall–Kier alpha value is -0.810. The molecule has 5 nitrogen and oxygen atoms in total. The number of anilines is 1. The summed E-state index contributed by atoms with van der Waals surface area (Å²) in [5.74, 6) is 0.492. The molecule has 0 amide bonds. The monoisotopic (exact) mass is 246 g/mol. The van der Waals surface area contributed by atoms with Crippen LogP contribution < -0.4 is 11.1 Å². The first-order valence-electron chi connectivity index (χ1n) is 5.67. The van der Waals surface area contributed by atoms with Crippen molar-refractivity contribution in [2.75, 3.05) is 5.32 Å². The first kappa shape index (κ1) is 13.3. The van der Waals surface area contributed by atoms with Crippen LogP contribution in [0.3, 0.4) is 0 Å². The lowest BCUT2D eigenvalue weighted by molar-refractivity contribution is 0.493. The number of nitrogens with two attached hydrogens (primary N) is 1. The van der Waals surface area contributed by atoms with E-state index in [-0.39, 0.29) is 12.4 Å². The van der Waals surface area contributed by atoms with Crippen LogP contribution in [0.4, 0.5) is 6.01 Å². The molecule has 2 rings (SSSR count). The van der Waals surface area contributed by atoms with Crippen molar-refractivity contribution in [3.05, 3.63) is 5.89 Å². The minimum atomic E-state index is 0. The molecule has 1 aliphatic rings. The van der Waals surface area contributed by atoms with Gasteiger partial charge in [-0.1, -0.05) is 30.8 Å². The van der Waals surface area contributed by atoms with Gasteiger partial charge in [0.05, 0.1) is 6.54 Å². The van der Waals surface area contributed by atoms with E-state index in [4.69, 9.17) is 10.2 Å². The maximum absolute atomic E-state index is 5.40. The van der Waals surface area contributed by atoms with Gasteiger partial charge in [0, 0.05) is 6.04 Å². The highest BCUT2D eigenvalue weighted by Crippen LogP contribution is 2.20. The summed E-state index contributed by atoms with van der Waals surface area (Å²) in [7, 11) is 0. The van der Waals surface area contributed by atoms with E-state index in [1.807, 2.05) is 0 Å². The van der Waals surface area contributed by atoms with Gasteiger partial charge in [-0.2, -0.15) is 0 Å². The van der Waals surface area contributed by atoms with E-state index >= 15 is 0 Å². The average molecular weight is 247 g/mol. The third-order valence-corrected chi connectivity index (χ3v) is 2.82. The first-order chi connectivity index (χ1) is 7.38. The molecule has 0 bridgehead atoms. The smallest absolute Gasteiger partial charge is 0.315 e. The Labute approximate surface area is 102 Å². The molecule has 0 spiro atoms. The normalized spacial score (nSPS) is 17.6. The number of nitrogens with zero attached hydrogens (tertiary/aromatic N) is 2. The van der Waals surface area contributed by atoms with Gasteiger partial charge < -0.3 is 15.5 Å². The summed E-state index contributed by atoms with van der Waals surface area (Å²) >= 11 is 0. The Kier molecular flexibility index (Phi) is 5.55. The van der Waals surface area contributed by atoms with Gasteiger partial charge in [0.2, 0.25) is 5.89 Å². The standard InChI is InChI=1S/C10H18N4O.ClH/c11-7-9-13-14-10(15-9)12-8-5-3-1-2-4-6-8;/h8H,1-7,11H2,(H,12,14);1H. The molecule has 1 heterocycles. The quantitative estimate of drug-likeness (QED) is 0.799. The molecule has 0 radical (unpaired) electrons. The Morgan fingerprint density at radius 3 is 2.44 bits per heavy atom. The molecule has 0 unspecified atom stereocenters. The Morgan fingerprint density at radius 1 is 1.19 bits per heavy atom. The number of hydrogen-bond donors (Lipinski definition) is 2. The highest BCUT2D eigenvalue weighted by Gasteiger charge is 2.14. The number of hydrogen-bond acceptors (Lipinski definition) is 5. The van der Waals surface area contributed by atoms with Crippen molar-refractivity contribution in [1.82, 2.24) is 10.2 Å². The highest BCUT2D eigenvalue weighted by atomic mass is 35.5. The highest BCUT2D eigenvalue weighted by molar-refractivity contribution is 5.85. The van der Waals surface area contributed by atoms with E-state index in [0.29, 0.717) is 24.5 Å². The molecule has 0 aliphatic heterocycles. The van der Waals surface area contributed by atoms with Crippen LogP contribution in [0.25, 0.3) is 0 Å². The van der Waals surface area contributed by atoms with E-state index in [0.717, 1.165) is 0 Å². The Morgan fingerprint density at radius 2 is 1.88 bits per heavy atom. The van der Waals surface area contributed by atoms with Crippen LogP contribution in [0.2, 0.25) is 0 Å². The van der Waals surface area contributed by atoms with Gasteiger partial charge in [0.25, 0.3) is 0 Å². The molecule has 1 aliphatic carbocycles. The van der Waals surface area contributed by atoms with Gasteiger partial charge in [-0.25, -0.2) is 0 Å². The van der Waals surface area contributed by atoms with Crippen molar-refractivity contribution in [2.45, 2.75) is 51.1 Å². The second-order valence-electron chi connectivity index (χ2n) is 4.04. The molecule has 0 atom stereocenters.